The molecule has 1 N–H and O–H groups in total. The lowest BCUT2D eigenvalue weighted by atomic mass is 9.52. The van der Waals surface area contributed by atoms with Gasteiger partial charge in [0.2, 0.25) is 0 Å². The number of fused-ring (bicyclic) bond motifs is 10. The fourth-order valence-corrected chi connectivity index (χ4v) is 11.3. The van der Waals surface area contributed by atoms with Crippen LogP contribution in [0, 0.1) is 10.8 Å². The summed E-state index contributed by atoms with van der Waals surface area (Å²) in [5, 5.41) is 12.8. The van der Waals surface area contributed by atoms with Gasteiger partial charge < -0.3 is 33.5 Å². The smallest absolute Gasteiger partial charge is 0.194 e. The summed E-state index contributed by atoms with van der Waals surface area (Å²) in [6.45, 7) is 11.4. The van der Waals surface area contributed by atoms with Gasteiger partial charge in [-0.15, -0.1) is 0 Å². The fraction of sp³-hybridized carbons (Fsp3) is 0.321. The first-order chi connectivity index (χ1) is 28.7. The van der Waals surface area contributed by atoms with Crippen molar-refractivity contribution in [2.75, 3.05) is 28.4 Å². The zero-order valence-corrected chi connectivity index (χ0v) is 36.1. The van der Waals surface area contributed by atoms with Crippen LogP contribution in [0.25, 0.3) is 39.1 Å². The molecule has 0 bridgehead atoms. The van der Waals surface area contributed by atoms with Crippen LogP contribution in [0.1, 0.15) is 81.7 Å². The molecule has 0 aromatic heterocycles. The molecule has 9 rings (SSSR count). The number of hydrogen-bond donors (Lipinski definition) is 1. The van der Waals surface area contributed by atoms with Gasteiger partial charge in [0.05, 0.1) is 28.4 Å². The predicted octanol–water partition coefficient (Wildman–Crippen LogP) is 12.1. The Kier molecular flexibility index (Phi) is 9.47. The number of hydrogen-bond acceptors (Lipinski definition) is 7. The van der Waals surface area contributed by atoms with Crippen LogP contribution in [0.2, 0.25) is 0 Å². The Morgan fingerprint density at radius 1 is 0.600 bits per heavy atom. The van der Waals surface area contributed by atoms with E-state index in [1.165, 1.54) is 22.3 Å². The first kappa shape index (κ1) is 39.5. The molecule has 1 spiro atoms. The highest BCUT2D eigenvalue weighted by Gasteiger charge is 2.55. The Morgan fingerprint density at radius 3 is 1.78 bits per heavy atom. The molecule has 2 aliphatic carbocycles. The molecule has 0 radical (unpaired) electrons. The van der Waals surface area contributed by atoms with Gasteiger partial charge in [0, 0.05) is 44.7 Å². The molecule has 308 valence electrons. The number of aliphatic hydroxyl groups is 1. The second-order valence-electron chi connectivity index (χ2n) is 18.3. The molecule has 1 saturated carbocycles. The summed E-state index contributed by atoms with van der Waals surface area (Å²) in [6.07, 6.45) is 6.57. The quantitative estimate of drug-likeness (QED) is 0.146. The number of aliphatic hydroxyl groups excluding tert-OH is 1. The molecular weight excluding hydrogens is 749 g/mol. The molecular formula is C53H54O7. The summed E-state index contributed by atoms with van der Waals surface area (Å²) >= 11 is 0. The third kappa shape index (κ3) is 6.28. The minimum absolute atomic E-state index is 0.0584. The molecule has 1 heterocycles. The number of ether oxygens (including phenoxy) is 6. The molecule has 3 aliphatic rings. The average molecular weight is 803 g/mol. The van der Waals surface area contributed by atoms with Gasteiger partial charge in [0.25, 0.3) is 0 Å². The predicted molar refractivity (Wildman–Crippen MR) is 239 cm³/mol. The summed E-state index contributed by atoms with van der Waals surface area (Å²) in [5.41, 5.74) is 8.38. The SMILES string of the molecule is COc1ccc(C2(c3ccc(OC)cc3)C=Cc3c4c(c5cc(OC(C)O)c(-c6ccc(OC)cc6OC)cc5c3O2)-c2ccccc2C42CC(C)(C)CC(C)(C)C2)cc1. The van der Waals surface area contributed by atoms with Gasteiger partial charge >= 0.3 is 0 Å². The van der Waals surface area contributed by atoms with Crippen LogP contribution < -0.4 is 28.4 Å². The van der Waals surface area contributed by atoms with Crippen molar-refractivity contribution in [1.82, 2.24) is 0 Å². The van der Waals surface area contributed by atoms with E-state index in [9.17, 15) is 5.11 Å². The van der Waals surface area contributed by atoms with E-state index in [2.05, 4.69) is 101 Å². The van der Waals surface area contributed by atoms with Gasteiger partial charge in [0.15, 0.2) is 11.9 Å². The third-order valence-corrected chi connectivity index (χ3v) is 12.9. The van der Waals surface area contributed by atoms with Crippen LogP contribution in [-0.4, -0.2) is 39.8 Å². The zero-order valence-electron chi connectivity index (χ0n) is 36.1. The number of rotatable bonds is 9. The Hall–Kier alpha value is -5.92. The Balaban J connectivity index is 1.43. The van der Waals surface area contributed by atoms with Gasteiger partial charge in [-0.2, -0.15) is 0 Å². The van der Waals surface area contributed by atoms with Gasteiger partial charge in [0.1, 0.15) is 34.5 Å². The summed E-state index contributed by atoms with van der Waals surface area (Å²) in [5.74, 6) is 4.12. The van der Waals surface area contributed by atoms with Crippen LogP contribution in [0.3, 0.4) is 0 Å². The molecule has 6 aromatic carbocycles. The number of benzene rings is 6. The van der Waals surface area contributed by atoms with E-state index in [4.69, 9.17) is 28.4 Å². The first-order valence-corrected chi connectivity index (χ1v) is 20.8. The lowest BCUT2D eigenvalue weighted by Crippen LogP contribution is -2.44. The van der Waals surface area contributed by atoms with Crippen LogP contribution in [0.4, 0.5) is 0 Å². The first-order valence-electron chi connectivity index (χ1n) is 20.8. The highest BCUT2D eigenvalue weighted by molar-refractivity contribution is 6.11. The summed E-state index contributed by atoms with van der Waals surface area (Å²) in [7, 11) is 6.65. The van der Waals surface area contributed by atoms with E-state index in [1.54, 1.807) is 35.4 Å². The van der Waals surface area contributed by atoms with Crippen molar-refractivity contribution in [2.24, 2.45) is 10.8 Å². The van der Waals surface area contributed by atoms with E-state index in [0.29, 0.717) is 17.2 Å². The molecule has 0 saturated heterocycles. The summed E-state index contributed by atoms with van der Waals surface area (Å²) < 4.78 is 37.0. The molecule has 1 aliphatic heterocycles. The largest absolute Gasteiger partial charge is 0.497 e. The maximum Gasteiger partial charge on any atom is 0.194 e. The van der Waals surface area contributed by atoms with E-state index >= 15 is 0 Å². The Morgan fingerprint density at radius 2 is 1.20 bits per heavy atom. The maximum atomic E-state index is 10.9. The standard InChI is InChI=1S/C53H54O7/c1-32(54)59-46-28-42-43(27-41(46)38-23-22-37(57-8)26-45(38)58-9)49-40(48-47(42)39-12-10-11-13-44(39)52(48)30-50(2,3)29-51(4,5)31-52)24-25-53(60-49,33-14-18-35(55-6)19-15-33)34-16-20-36(56-7)21-17-34/h10-28,32,54H,29-31H2,1-9H3. The van der Waals surface area contributed by atoms with Crippen molar-refractivity contribution >= 4 is 16.8 Å². The minimum atomic E-state index is -1.08. The van der Waals surface area contributed by atoms with Gasteiger partial charge in [-0.1, -0.05) is 82.3 Å². The second-order valence-corrected chi connectivity index (χ2v) is 18.3. The molecule has 6 aromatic rings. The number of methoxy groups -OCH3 is 4. The third-order valence-electron chi connectivity index (χ3n) is 12.9. The average Bonchev–Trinajstić information content (AvgIpc) is 3.50. The Bertz CT molecular complexity index is 2590. The molecule has 0 amide bonds. The lowest BCUT2D eigenvalue weighted by molar-refractivity contribution is 0.000222. The van der Waals surface area contributed by atoms with E-state index in [0.717, 1.165) is 75.1 Å². The van der Waals surface area contributed by atoms with Gasteiger partial charge in [-0.25, -0.2) is 0 Å². The fourth-order valence-electron chi connectivity index (χ4n) is 11.3. The van der Waals surface area contributed by atoms with Crippen LogP contribution in [0.15, 0.2) is 109 Å². The van der Waals surface area contributed by atoms with Crippen molar-refractivity contribution in [3.8, 4) is 56.8 Å². The van der Waals surface area contributed by atoms with Crippen molar-refractivity contribution in [2.45, 2.75) is 71.2 Å². The van der Waals surface area contributed by atoms with E-state index in [-0.39, 0.29) is 16.2 Å². The highest BCUT2D eigenvalue weighted by atomic mass is 16.6. The molecule has 1 atom stereocenters. The monoisotopic (exact) mass is 802 g/mol. The van der Waals surface area contributed by atoms with E-state index < -0.39 is 11.9 Å². The lowest BCUT2D eigenvalue weighted by Gasteiger charge is -2.52. The summed E-state index contributed by atoms with van der Waals surface area (Å²) in [4.78, 5) is 0. The zero-order chi connectivity index (χ0) is 42.2. The normalized spacial score (nSPS) is 17.8. The van der Waals surface area contributed by atoms with Gasteiger partial charge in [-0.05, 0) is 119 Å². The molecule has 1 unspecified atom stereocenters. The van der Waals surface area contributed by atoms with Gasteiger partial charge in [-0.3, -0.25) is 0 Å². The molecule has 7 nitrogen and oxygen atoms in total. The molecule has 1 fully saturated rings. The van der Waals surface area contributed by atoms with Crippen molar-refractivity contribution in [3.63, 3.8) is 0 Å². The van der Waals surface area contributed by atoms with E-state index in [1.807, 2.05) is 42.5 Å². The maximum absolute atomic E-state index is 10.9. The van der Waals surface area contributed by atoms with Crippen molar-refractivity contribution < 1.29 is 33.5 Å². The minimum Gasteiger partial charge on any atom is -0.497 e. The molecule has 60 heavy (non-hydrogen) atoms. The molecule has 7 heteroatoms. The van der Waals surface area contributed by atoms with Crippen LogP contribution >= 0.6 is 0 Å². The topological polar surface area (TPSA) is 75.6 Å². The van der Waals surface area contributed by atoms with Crippen LogP contribution in [0.5, 0.6) is 34.5 Å². The van der Waals surface area contributed by atoms with Crippen molar-refractivity contribution in [3.05, 3.63) is 137 Å². The van der Waals surface area contributed by atoms with Crippen LogP contribution in [-0.2, 0) is 11.0 Å². The second kappa shape index (κ2) is 14.4. The summed E-state index contributed by atoms with van der Waals surface area (Å²) in [6, 6.07) is 35.3. The van der Waals surface area contributed by atoms with Crippen molar-refractivity contribution in [1.29, 1.82) is 0 Å². The highest BCUT2D eigenvalue weighted by Crippen LogP contribution is 2.67. The Labute approximate surface area is 353 Å².